The van der Waals surface area contributed by atoms with Crippen molar-refractivity contribution in [1.82, 2.24) is 10.2 Å². The van der Waals surface area contributed by atoms with Crippen molar-refractivity contribution >= 4 is 0 Å². The molecule has 1 saturated heterocycles. The van der Waals surface area contributed by atoms with Crippen LogP contribution in [0.3, 0.4) is 0 Å². The molecule has 100 valence electrons. The van der Waals surface area contributed by atoms with Gasteiger partial charge in [-0.3, -0.25) is 0 Å². The standard InChI is InChI=1S/C15H30N2/c1-2-10-16-15-9-5-3-4-8-14(15)13-17-11-6-7-12-17/h14-16H,2-13H2,1H3. The summed E-state index contributed by atoms with van der Waals surface area (Å²) in [6, 6.07) is 0.804. The second kappa shape index (κ2) is 7.38. The molecule has 2 unspecified atom stereocenters. The zero-order valence-electron chi connectivity index (χ0n) is 11.6. The Morgan fingerprint density at radius 1 is 1.00 bits per heavy atom. The molecule has 1 heterocycles. The van der Waals surface area contributed by atoms with E-state index in [-0.39, 0.29) is 0 Å². The highest BCUT2D eigenvalue weighted by Gasteiger charge is 2.25. The molecule has 2 atom stereocenters. The minimum Gasteiger partial charge on any atom is -0.314 e. The lowest BCUT2D eigenvalue weighted by Crippen LogP contribution is -2.41. The van der Waals surface area contributed by atoms with Gasteiger partial charge in [-0.2, -0.15) is 0 Å². The summed E-state index contributed by atoms with van der Waals surface area (Å²) in [7, 11) is 0. The van der Waals surface area contributed by atoms with Gasteiger partial charge in [0.15, 0.2) is 0 Å². The second-order valence-corrected chi connectivity index (χ2v) is 5.97. The van der Waals surface area contributed by atoms with E-state index in [0.29, 0.717) is 0 Å². The number of likely N-dealkylation sites (tertiary alicyclic amines) is 1. The zero-order valence-corrected chi connectivity index (χ0v) is 11.6. The van der Waals surface area contributed by atoms with Gasteiger partial charge < -0.3 is 10.2 Å². The van der Waals surface area contributed by atoms with E-state index in [1.54, 1.807) is 0 Å². The maximum Gasteiger partial charge on any atom is 0.0107 e. The lowest BCUT2D eigenvalue weighted by molar-refractivity contribution is 0.224. The largest absolute Gasteiger partial charge is 0.314 e. The van der Waals surface area contributed by atoms with Crippen molar-refractivity contribution in [2.24, 2.45) is 5.92 Å². The lowest BCUT2D eigenvalue weighted by Gasteiger charge is -2.30. The Labute approximate surface area is 107 Å². The first-order chi connectivity index (χ1) is 8.40. The van der Waals surface area contributed by atoms with Gasteiger partial charge >= 0.3 is 0 Å². The van der Waals surface area contributed by atoms with Crippen LogP contribution >= 0.6 is 0 Å². The molecule has 0 bridgehead atoms. The van der Waals surface area contributed by atoms with Crippen molar-refractivity contribution in [2.45, 2.75) is 64.3 Å². The maximum absolute atomic E-state index is 3.81. The Balaban J connectivity index is 1.83. The summed E-state index contributed by atoms with van der Waals surface area (Å²) >= 11 is 0. The van der Waals surface area contributed by atoms with Gasteiger partial charge in [-0.05, 0) is 57.7 Å². The highest BCUT2D eigenvalue weighted by atomic mass is 15.1. The Morgan fingerprint density at radius 2 is 1.76 bits per heavy atom. The third-order valence-corrected chi connectivity index (χ3v) is 4.51. The smallest absolute Gasteiger partial charge is 0.0107 e. The van der Waals surface area contributed by atoms with Crippen LogP contribution in [-0.4, -0.2) is 37.1 Å². The summed E-state index contributed by atoms with van der Waals surface area (Å²) in [5.41, 5.74) is 0. The molecule has 0 aromatic heterocycles. The molecule has 0 aromatic rings. The molecule has 0 amide bonds. The first-order valence-corrected chi connectivity index (χ1v) is 7.86. The number of rotatable bonds is 5. The predicted octanol–water partition coefficient (Wildman–Crippen LogP) is 3.03. The minimum absolute atomic E-state index is 0.804. The van der Waals surface area contributed by atoms with Crippen molar-refractivity contribution in [1.29, 1.82) is 0 Å². The van der Waals surface area contributed by atoms with Gasteiger partial charge in [0.25, 0.3) is 0 Å². The molecular formula is C15H30N2. The Hall–Kier alpha value is -0.0800. The Bertz CT molecular complexity index is 199. The van der Waals surface area contributed by atoms with Gasteiger partial charge in [0.2, 0.25) is 0 Å². The molecule has 2 heteroatoms. The fraction of sp³-hybridized carbons (Fsp3) is 1.00. The molecule has 2 aliphatic rings. The highest BCUT2D eigenvalue weighted by Crippen LogP contribution is 2.25. The molecule has 1 aliphatic carbocycles. The van der Waals surface area contributed by atoms with Gasteiger partial charge in [-0.1, -0.05) is 26.2 Å². The molecule has 2 nitrogen and oxygen atoms in total. The number of hydrogen-bond donors (Lipinski definition) is 1. The normalized spacial score (nSPS) is 31.6. The fourth-order valence-corrected chi connectivity index (χ4v) is 3.50. The van der Waals surface area contributed by atoms with Crippen LogP contribution in [-0.2, 0) is 0 Å². The van der Waals surface area contributed by atoms with E-state index in [9.17, 15) is 0 Å². The molecule has 17 heavy (non-hydrogen) atoms. The van der Waals surface area contributed by atoms with Gasteiger partial charge in [-0.15, -0.1) is 0 Å². The van der Waals surface area contributed by atoms with Crippen LogP contribution in [0.15, 0.2) is 0 Å². The predicted molar refractivity (Wildman–Crippen MR) is 74.3 cm³/mol. The Kier molecular flexibility index (Phi) is 5.79. The molecule has 0 radical (unpaired) electrons. The topological polar surface area (TPSA) is 15.3 Å². The number of nitrogens with one attached hydrogen (secondary N) is 1. The molecule has 2 fully saturated rings. The fourth-order valence-electron chi connectivity index (χ4n) is 3.50. The van der Waals surface area contributed by atoms with Crippen LogP contribution in [0.5, 0.6) is 0 Å². The van der Waals surface area contributed by atoms with Gasteiger partial charge in [0.1, 0.15) is 0 Å². The first-order valence-electron chi connectivity index (χ1n) is 7.86. The van der Waals surface area contributed by atoms with E-state index in [4.69, 9.17) is 0 Å². The summed E-state index contributed by atoms with van der Waals surface area (Å²) in [5.74, 6) is 0.919. The third-order valence-electron chi connectivity index (χ3n) is 4.51. The van der Waals surface area contributed by atoms with Gasteiger partial charge in [-0.25, -0.2) is 0 Å². The molecule has 2 rings (SSSR count). The molecule has 1 aliphatic heterocycles. The molecule has 0 spiro atoms. The Morgan fingerprint density at radius 3 is 2.53 bits per heavy atom. The summed E-state index contributed by atoms with van der Waals surface area (Å²) in [6.07, 6.45) is 11.4. The number of nitrogens with zero attached hydrogens (tertiary/aromatic N) is 1. The van der Waals surface area contributed by atoms with E-state index < -0.39 is 0 Å². The highest BCUT2D eigenvalue weighted by molar-refractivity contribution is 4.83. The zero-order chi connectivity index (χ0) is 11.9. The van der Waals surface area contributed by atoms with E-state index in [0.717, 1.165) is 12.0 Å². The average Bonchev–Trinajstić information content (AvgIpc) is 2.74. The molecule has 1 saturated carbocycles. The van der Waals surface area contributed by atoms with Crippen molar-refractivity contribution in [3.05, 3.63) is 0 Å². The molecular weight excluding hydrogens is 208 g/mol. The summed E-state index contributed by atoms with van der Waals surface area (Å²) in [5, 5.41) is 3.81. The van der Waals surface area contributed by atoms with Crippen LogP contribution < -0.4 is 5.32 Å². The second-order valence-electron chi connectivity index (χ2n) is 5.97. The van der Waals surface area contributed by atoms with E-state index in [2.05, 4.69) is 17.1 Å². The van der Waals surface area contributed by atoms with Gasteiger partial charge in [0.05, 0.1) is 0 Å². The van der Waals surface area contributed by atoms with E-state index in [1.807, 2.05) is 0 Å². The number of hydrogen-bond acceptors (Lipinski definition) is 2. The van der Waals surface area contributed by atoms with Crippen molar-refractivity contribution in [2.75, 3.05) is 26.2 Å². The quantitative estimate of drug-likeness (QED) is 0.741. The van der Waals surface area contributed by atoms with E-state index in [1.165, 1.54) is 77.5 Å². The minimum atomic E-state index is 0.804. The monoisotopic (exact) mass is 238 g/mol. The van der Waals surface area contributed by atoms with E-state index >= 15 is 0 Å². The first kappa shape index (κ1) is 13.4. The van der Waals surface area contributed by atoms with Crippen LogP contribution in [0.25, 0.3) is 0 Å². The SMILES string of the molecule is CCCNC1CCCCCC1CN1CCCC1. The van der Waals surface area contributed by atoms with Crippen molar-refractivity contribution in [3.8, 4) is 0 Å². The summed E-state index contributed by atoms with van der Waals surface area (Å²) in [6.45, 7) is 7.57. The molecule has 1 N–H and O–H groups in total. The third kappa shape index (κ3) is 4.26. The van der Waals surface area contributed by atoms with Gasteiger partial charge in [0, 0.05) is 12.6 Å². The van der Waals surface area contributed by atoms with Crippen LogP contribution in [0, 0.1) is 5.92 Å². The van der Waals surface area contributed by atoms with Crippen LogP contribution in [0.4, 0.5) is 0 Å². The summed E-state index contributed by atoms with van der Waals surface area (Å²) < 4.78 is 0. The summed E-state index contributed by atoms with van der Waals surface area (Å²) in [4.78, 5) is 2.70. The maximum atomic E-state index is 3.81. The van der Waals surface area contributed by atoms with Crippen molar-refractivity contribution in [3.63, 3.8) is 0 Å². The van der Waals surface area contributed by atoms with Crippen LogP contribution in [0.2, 0.25) is 0 Å². The molecule has 0 aromatic carbocycles. The van der Waals surface area contributed by atoms with Crippen molar-refractivity contribution < 1.29 is 0 Å². The average molecular weight is 238 g/mol. The lowest BCUT2D eigenvalue weighted by atomic mass is 9.94. The van der Waals surface area contributed by atoms with Crippen LogP contribution in [0.1, 0.15) is 58.3 Å².